The summed E-state index contributed by atoms with van der Waals surface area (Å²) in [4.78, 5) is 12.7. The maximum absolute atomic E-state index is 12.4. The van der Waals surface area contributed by atoms with E-state index in [0.29, 0.717) is 12.0 Å². The van der Waals surface area contributed by atoms with Crippen molar-refractivity contribution in [3.63, 3.8) is 0 Å². The van der Waals surface area contributed by atoms with E-state index in [9.17, 15) is 13.2 Å². The molecule has 0 atom stereocenters. The predicted octanol–water partition coefficient (Wildman–Crippen LogP) is 3.62. The molecule has 1 aliphatic heterocycles. The summed E-state index contributed by atoms with van der Waals surface area (Å²) < 4.78 is 28.9. The zero-order valence-electron chi connectivity index (χ0n) is 14.4. The fourth-order valence-electron chi connectivity index (χ4n) is 3.03. The molecule has 130 valence electrons. The average Bonchev–Trinajstić information content (AvgIpc) is 2.81. The predicted molar refractivity (Wildman–Crippen MR) is 96.8 cm³/mol. The maximum atomic E-state index is 12.4. The van der Waals surface area contributed by atoms with E-state index in [1.54, 1.807) is 24.3 Å². The Bertz CT molecular complexity index is 937. The van der Waals surface area contributed by atoms with E-state index in [-0.39, 0.29) is 10.9 Å². The van der Waals surface area contributed by atoms with Gasteiger partial charge in [0, 0.05) is 18.2 Å². The summed E-state index contributed by atoms with van der Waals surface area (Å²) in [7, 11) is -3.27. The number of cyclic esters (lactones) is 1. The van der Waals surface area contributed by atoms with Gasteiger partial charge in [-0.2, -0.15) is 0 Å². The maximum Gasteiger partial charge on any atom is 0.335 e. The number of sulfone groups is 1. The van der Waals surface area contributed by atoms with E-state index < -0.39 is 15.4 Å². The van der Waals surface area contributed by atoms with Crippen LogP contribution in [0.3, 0.4) is 0 Å². The summed E-state index contributed by atoms with van der Waals surface area (Å²) in [6.45, 7) is 3.76. The molecule has 1 aliphatic rings. The summed E-state index contributed by atoms with van der Waals surface area (Å²) in [5.74, 6) is -0.323. The second-order valence-corrected chi connectivity index (χ2v) is 8.86. The smallest absolute Gasteiger partial charge is 0.335 e. The zero-order chi connectivity index (χ0) is 18.2. The molecule has 0 radical (unpaired) electrons. The van der Waals surface area contributed by atoms with Gasteiger partial charge >= 0.3 is 5.97 Å². The quantitative estimate of drug-likeness (QED) is 0.622. The molecule has 0 aliphatic carbocycles. The molecule has 0 amide bonds. The van der Waals surface area contributed by atoms with Gasteiger partial charge in [0.2, 0.25) is 0 Å². The molecule has 0 bridgehead atoms. The molecule has 1 saturated heterocycles. The Balaban J connectivity index is 2.19. The van der Waals surface area contributed by atoms with Crippen molar-refractivity contribution in [1.29, 1.82) is 0 Å². The Morgan fingerprint density at radius 2 is 1.52 bits per heavy atom. The highest BCUT2D eigenvalue weighted by Crippen LogP contribution is 2.38. The third-order valence-electron chi connectivity index (χ3n) is 4.15. The topological polar surface area (TPSA) is 60.4 Å². The summed E-state index contributed by atoms with van der Waals surface area (Å²) >= 11 is 0. The average molecular weight is 356 g/mol. The molecule has 0 aromatic heterocycles. The van der Waals surface area contributed by atoms with Crippen LogP contribution in [0.15, 0.2) is 65.1 Å². The Kier molecular flexibility index (Phi) is 4.29. The van der Waals surface area contributed by atoms with Crippen LogP contribution in [0.4, 0.5) is 0 Å². The lowest BCUT2D eigenvalue weighted by molar-refractivity contribution is -0.143. The van der Waals surface area contributed by atoms with Crippen molar-refractivity contribution in [2.24, 2.45) is 0 Å². The minimum Gasteiger partial charge on any atom is -0.456 e. The molecular formula is C20H20O4S. The minimum atomic E-state index is -3.27. The van der Waals surface area contributed by atoms with Gasteiger partial charge in [0.15, 0.2) is 9.84 Å². The third kappa shape index (κ3) is 3.66. The van der Waals surface area contributed by atoms with Gasteiger partial charge < -0.3 is 4.74 Å². The van der Waals surface area contributed by atoms with E-state index in [2.05, 4.69) is 0 Å². The monoisotopic (exact) mass is 356 g/mol. The van der Waals surface area contributed by atoms with E-state index >= 15 is 0 Å². The Morgan fingerprint density at radius 3 is 2.00 bits per heavy atom. The second-order valence-electron chi connectivity index (χ2n) is 6.84. The number of ether oxygens (including phenoxy) is 1. The van der Waals surface area contributed by atoms with Gasteiger partial charge in [-0.15, -0.1) is 0 Å². The van der Waals surface area contributed by atoms with Gasteiger partial charge in [-0.1, -0.05) is 42.5 Å². The van der Waals surface area contributed by atoms with Crippen LogP contribution in [0, 0.1) is 0 Å². The molecule has 2 aromatic carbocycles. The van der Waals surface area contributed by atoms with Gasteiger partial charge in [0.05, 0.1) is 4.90 Å². The Hall–Kier alpha value is -2.40. The molecule has 0 spiro atoms. The van der Waals surface area contributed by atoms with Gasteiger partial charge in [-0.3, -0.25) is 0 Å². The molecule has 0 unspecified atom stereocenters. The van der Waals surface area contributed by atoms with Gasteiger partial charge in [0.25, 0.3) is 0 Å². The molecule has 5 heteroatoms. The van der Waals surface area contributed by atoms with Crippen molar-refractivity contribution in [2.75, 3.05) is 6.26 Å². The molecule has 1 fully saturated rings. The zero-order valence-corrected chi connectivity index (χ0v) is 15.3. The van der Waals surface area contributed by atoms with E-state index in [1.807, 2.05) is 44.2 Å². The van der Waals surface area contributed by atoms with Crippen LogP contribution < -0.4 is 0 Å². The highest BCUT2D eigenvalue weighted by atomic mass is 32.2. The minimum absolute atomic E-state index is 0.253. The number of esters is 1. The number of hydrogen-bond donors (Lipinski definition) is 0. The first-order chi connectivity index (χ1) is 11.7. The molecule has 4 nitrogen and oxygen atoms in total. The van der Waals surface area contributed by atoms with Crippen molar-refractivity contribution >= 4 is 21.4 Å². The molecule has 2 aromatic rings. The summed E-state index contributed by atoms with van der Waals surface area (Å²) in [5, 5.41) is 0. The van der Waals surface area contributed by atoms with Crippen molar-refractivity contribution in [3.05, 3.63) is 71.3 Å². The normalized spacial score (nSPS) is 18.8. The van der Waals surface area contributed by atoms with Crippen molar-refractivity contribution in [1.82, 2.24) is 0 Å². The number of carbonyl (C=O) groups excluding carboxylic acids is 1. The van der Waals surface area contributed by atoms with Gasteiger partial charge in [-0.25, -0.2) is 13.2 Å². The van der Waals surface area contributed by atoms with Crippen molar-refractivity contribution in [3.8, 4) is 0 Å². The van der Waals surface area contributed by atoms with Crippen LogP contribution in [-0.4, -0.2) is 26.2 Å². The largest absolute Gasteiger partial charge is 0.456 e. The highest BCUT2D eigenvalue weighted by molar-refractivity contribution is 7.90. The first-order valence-corrected chi connectivity index (χ1v) is 9.89. The lowest BCUT2D eigenvalue weighted by Crippen LogP contribution is -2.17. The molecule has 1 heterocycles. The number of carbonyl (C=O) groups is 1. The van der Waals surface area contributed by atoms with E-state index in [1.165, 1.54) is 6.26 Å². The molecule has 0 N–H and O–H groups in total. The van der Waals surface area contributed by atoms with Crippen molar-refractivity contribution < 1.29 is 17.9 Å². The van der Waals surface area contributed by atoms with Gasteiger partial charge in [-0.05, 0) is 42.7 Å². The fraction of sp³-hybridized carbons (Fsp3) is 0.250. The first-order valence-electron chi connectivity index (χ1n) is 8.00. The summed E-state index contributed by atoms with van der Waals surface area (Å²) in [6.07, 6.45) is 1.68. The molecule has 3 rings (SSSR count). The number of benzene rings is 2. The first kappa shape index (κ1) is 17.4. The lowest BCUT2D eigenvalue weighted by Gasteiger charge is -2.14. The van der Waals surface area contributed by atoms with Crippen LogP contribution in [0.5, 0.6) is 0 Å². The van der Waals surface area contributed by atoms with Crippen LogP contribution in [0.2, 0.25) is 0 Å². The summed E-state index contributed by atoms with van der Waals surface area (Å²) in [5.41, 5.74) is 2.56. The third-order valence-corrected chi connectivity index (χ3v) is 5.28. The van der Waals surface area contributed by atoms with Crippen LogP contribution in [-0.2, 0) is 19.4 Å². The van der Waals surface area contributed by atoms with Crippen LogP contribution in [0.25, 0.3) is 5.57 Å². The SMILES string of the molecule is CC1(C)CC(=C(c2ccccc2)c2ccc(S(C)(=O)=O)cc2)C(=O)O1. The fourth-order valence-corrected chi connectivity index (χ4v) is 3.66. The molecular weight excluding hydrogens is 336 g/mol. The van der Waals surface area contributed by atoms with E-state index in [0.717, 1.165) is 16.7 Å². The second kappa shape index (κ2) is 6.15. The van der Waals surface area contributed by atoms with E-state index in [4.69, 9.17) is 4.74 Å². The Morgan fingerprint density at radius 1 is 0.960 bits per heavy atom. The Labute approximate surface area is 148 Å². The van der Waals surface area contributed by atoms with Crippen LogP contribution in [0.1, 0.15) is 31.4 Å². The highest BCUT2D eigenvalue weighted by Gasteiger charge is 2.37. The standard InChI is InChI=1S/C20H20O4S/c1-20(2)13-17(19(21)24-20)18(14-7-5-4-6-8-14)15-9-11-16(12-10-15)25(3,22)23/h4-12H,13H2,1-3H3. The van der Waals surface area contributed by atoms with Crippen molar-refractivity contribution in [2.45, 2.75) is 30.8 Å². The van der Waals surface area contributed by atoms with Gasteiger partial charge in [0.1, 0.15) is 5.60 Å². The summed E-state index contributed by atoms with van der Waals surface area (Å²) in [6, 6.07) is 16.2. The number of rotatable bonds is 3. The molecule has 0 saturated carbocycles. The molecule has 25 heavy (non-hydrogen) atoms. The number of hydrogen-bond acceptors (Lipinski definition) is 4. The lowest BCUT2D eigenvalue weighted by atomic mass is 9.89. The van der Waals surface area contributed by atoms with Crippen LogP contribution >= 0.6 is 0 Å².